The van der Waals surface area contributed by atoms with Crippen LogP contribution in [0.1, 0.15) is 15.9 Å². The minimum atomic E-state index is -0.684. The lowest BCUT2D eigenvalue weighted by molar-refractivity contribution is -0.384. The molecule has 0 aliphatic rings. The Hall–Kier alpha value is -2.54. The van der Waals surface area contributed by atoms with Gasteiger partial charge < -0.3 is 4.84 Å². The van der Waals surface area contributed by atoms with E-state index in [1.54, 1.807) is 6.07 Å². The second-order valence-corrected chi connectivity index (χ2v) is 4.89. The minimum Gasteiger partial charge on any atom is -0.313 e. The third-order valence-electron chi connectivity index (χ3n) is 2.50. The SMILES string of the molecule is O=C(O/N=C/c1cccc(Br)c1)c1ccc([N+](=O)[O-])cc1. The van der Waals surface area contributed by atoms with Crippen molar-refractivity contribution in [3.05, 3.63) is 74.2 Å². The second kappa shape index (κ2) is 6.76. The normalized spacial score (nSPS) is 10.5. The highest BCUT2D eigenvalue weighted by Gasteiger charge is 2.10. The molecule has 2 aromatic carbocycles. The van der Waals surface area contributed by atoms with Gasteiger partial charge in [0, 0.05) is 16.6 Å². The van der Waals surface area contributed by atoms with Crippen molar-refractivity contribution >= 4 is 33.8 Å². The zero-order chi connectivity index (χ0) is 15.2. The Morgan fingerprint density at radius 1 is 1.24 bits per heavy atom. The fraction of sp³-hybridized carbons (Fsp3) is 0. The average molecular weight is 349 g/mol. The molecule has 0 saturated heterocycles. The van der Waals surface area contributed by atoms with Crippen LogP contribution in [0.4, 0.5) is 5.69 Å². The van der Waals surface area contributed by atoms with Crippen LogP contribution in [0, 0.1) is 10.1 Å². The number of hydrogen-bond donors (Lipinski definition) is 0. The van der Waals surface area contributed by atoms with Crippen molar-refractivity contribution in [2.75, 3.05) is 0 Å². The fourth-order valence-corrected chi connectivity index (χ4v) is 1.91. The molecule has 0 heterocycles. The summed E-state index contributed by atoms with van der Waals surface area (Å²) in [5, 5.41) is 14.1. The zero-order valence-electron chi connectivity index (χ0n) is 10.6. The summed E-state index contributed by atoms with van der Waals surface area (Å²) in [7, 11) is 0. The van der Waals surface area contributed by atoms with Gasteiger partial charge >= 0.3 is 5.97 Å². The summed E-state index contributed by atoms with van der Waals surface area (Å²) in [5.74, 6) is -0.684. The van der Waals surface area contributed by atoms with E-state index in [1.807, 2.05) is 18.2 Å². The van der Waals surface area contributed by atoms with Crippen molar-refractivity contribution in [2.45, 2.75) is 0 Å². The molecule has 7 heteroatoms. The molecule has 106 valence electrons. The highest BCUT2D eigenvalue weighted by Crippen LogP contribution is 2.13. The highest BCUT2D eigenvalue weighted by atomic mass is 79.9. The van der Waals surface area contributed by atoms with Gasteiger partial charge in [-0.05, 0) is 29.8 Å². The highest BCUT2D eigenvalue weighted by molar-refractivity contribution is 9.10. The molecular formula is C14H9BrN2O4. The summed E-state index contributed by atoms with van der Waals surface area (Å²) in [6, 6.07) is 12.4. The molecule has 21 heavy (non-hydrogen) atoms. The van der Waals surface area contributed by atoms with Crippen LogP contribution in [0.25, 0.3) is 0 Å². The van der Waals surface area contributed by atoms with Gasteiger partial charge in [0.2, 0.25) is 0 Å². The van der Waals surface area contributed by atoms with Gasteiger partial charge in [0.05, 0.1) is 16.7 Å². The quantitative estimate of drug-likeness (QED) is 0.366. The summed E-state index contributed by atoms with van der Waals surface area (Å²) < 4.78 is 0.883. The molecule has 0 unspecified atom stereocenters. The number of nitrogens with zero attached hydrogens (tertiary/aromatic N) is 2. The van der Waals surface area contributed by atoms with Crippen molar-refractivity contribution in [3.63, 3.8) is 0 Å². The topological polar surface area (TPSA) is 81.8 Å². The molecule has 2 aromatic rings. The monoisotopic (exact) mass is 348 g/mol. The third kappa shape index (κ3) is 4.22. The van der Waals surface area contributed by atoms with Gasteiger partial charge in [-0.25, -0.2) is 4.79 Å². The molecule has 0 N–H and O–H groups in total. The molecule has 0 bridgehead atoms. The lowest BCUT2D eigenvalue weighted by atomic mass is 10.2. The van der Waals surface area contributed by atoms with Crippen LogP contribution in [0.3, 0.4) is 0 Å². The number of non-ortho nitro benzene ring substituents is 1. The number of carbonyl (C=O) groups is 1. The van der Waals surface area contributed by atoms with Gasteiger partial charge in [-0.15, -0.1) is 0 Å². The maximum absolute atomic E-state index is 11.7. The van der Waals surface area contributed by atoms with Crippen molar-refractivity contribution in [3.8, 4) is 0 Å². The maximum atomic E-state index is 11.7. The molecule has 6 nitrogen and oxygen atoms in total. The minimum absolute atomic E-state index is 0.0933. The molecule has 0 spiro atoms. The van der Waals surface area contributed by atoms with Gasteiger partial charge in [0.1, 0.15) is 0 Å². The number of hydrogen-bond acceptors (Lipinski definition) is 5. The summed E-state index contributed by atoms with van der Waals surface area (Å²) in [4.78, 5) is 26.3. The second-order valence-electron chi connectivity index (χ2n) is 3.97. The summed E-state index contributed by atoms with van der Waals surface area (Å²) >= 11 is 3.31. The smallest absolute Gasteiger partial charge is 0.313 e. The predicted molar refractivity (Wildman–Crippen MR) is 80.2 cm³/mol. The summed E-state index contributed by atoms with van der Waals surface area (Å²) in [6.45, 7) is 0. The van der Waals surface area contributed by atoms with Crippen LogP contribution in [0.2, 0.25) is 0 Å². The number of halogens is 1. The van der Waals surface area contributed by atoms with Gasteiger partial charge in [-0.2, -0.15) is 0 Å². The molecule has 0 aliphatic heterocycles. The number of benzene rings is 2. The first-order valence-corrected chi connectivity index (χ1v) is 6.60. The number of nitro groups is 1. The van der Waals surface area contributed by atoms with E-state index < -0.39 is 10.9 Å². The van der Waals surface area contributed by atoms with E-state index >= 15 is 0 Å². The molecule has 0 fully saturated rings. The van der Waals surface area contributed by atoms with Crippen LogP contribution in [0.5, 0.6) is 0 Å². The molecule has 0 radical (unpaired) electrons. The average Bonchev–Trinajstić information content (AvgIpc) is 2.47. The molecule has 0 atom stereocenters. The van der Waals surface area contributed by atoms with Crippen molar-refractivity contribution in [1.29, 1.82) is 0 Å². The van der Waals surface area contributed by atoms with E-state index in [-0.39, 0.29) is 11.3 Å². The lowest BCUT2D eigenvalue weighted by Crippen LogP contribution is -2.01. The Morgan fingerprint density at radius 2 is 1.95 bits per heavy atom. The Balaban J connectivity index is 2.00. The maximum Gasteiger partial charge on any atom is 0.365 e. The number of rotatable bonds is 4. The van der Waals surface area contributed by atoms with Gasteiger partial charge in [0.25, 0.3) is 5.69 Å². The predicted octanol–water partition coefficient (Wildman–Crippen LogP) is 3.55. The molecule has 0 saturated carbocycles. The number of oxime groups is 1. The fourth-order valence-electron chi connectivity index (χ4n) is 1.49. The molecular weight excluding hydrogens is 340 g/mol. The largest absolute Gasteiger partial charge is 0.365 e. The van der Waals surface area contributed by atoms with E-state index in [0.29, 0.717) is 0 Å². The van der Waals surface area contributed by atoms with E-state index in [1.165, 1.54) is 30.5 Å². The van der Waals surface area contributed by atoms with Crippen LogP contribution in [-0.4, -0.2) is 17.1 Å². The van der Waals surface area contributed by atoms with E-state index in [2.05, 4.69) is 21.1 Å². The first kappa shape index (κ1) is 14.9. The van der Waals surface area contributed by atoms with Crippen molar-refractivity contribution in [1.82, 2.24) is 0 Å². The van der Waals surface area contributed by atoms with Crippen LogP contribution in [0.15, 0.2) is 58.2 Å². The van der Waals surface area contributed by atoms with Crippen LogP contribution >= 0.6 is 15.9 Å². The first-order valence-electron chi connectivity index (χ1n) is 5.81. The van der Waals surface area contributed by atoms with Crippen molar-refractivity contribution < 1.29 is 14.6 Å². The van der Waals surface area contributed by atoms with E-state index in [9.17, 15) is 14.9 Å². The molecule has 0 aliphatic carbocycles. The Kier molecular flexibility index (Phi) is 4.78. The van der Waals surface area contributed by atoms with Crippen LogP contribution in [-0.2, 0) is 4.84 Å². The van der Waals surface area contributed by atoms with Crippen molar-refractivity contribution in [2.24, 2.45) is 5.16 Å². The van der Waals surface area contributed by atoms with E-state index in [0.717, 1.165) is 10.0 Å². The first-order chi connectivity index (χ1) is 10.1. The number of nitro benzene ring substituents is 1. The molecule has 2 rings (SSSR count). The van der Waals surface area contributed by atoms with Gasteiger partial charge in [0.15, 0.2) is 0 Å². The van der Waals surface area contributed by atoms with Crippen LogP contribution < -0.4 is 0 Å². The standard InChI is InChI=1S/C14H9BrN2O4/c15-12-3-1-2-10(8-12)9-16-21-14(18)11-4-6-13(7-5-11)17(19)20/h1-9H/b16-9+. The lowest BCUT2D eigenvalue weighted by Gasteiger charge is -1.98. The Bertz CT molecular complexity index is 698. The Morgan fingerprint density at radius 3 is 2.57 bits per heavy atom. The van der Waals surface area contributed by atoms with E-state index in [4.69, 9.17) is 4.84 Å². The van der Waals surface area contributed by atoms with Gasteiger partial charge in [-0.3, -0.25) is 10.1 Å². The Labute approximate surface area is 128 Å². The summed E-state index contributed by atoms with van der Waals surface area (Å²) in [5.41, 5.74) is 0.858. The zero-order valence-corrected chi connectivity index (χ0v) is 12.2. The molecule has 0 amide bonds. The molecule has 0 aromatic heterocycles. The third-order valence-corrected chi connectivity index (χ3v) is 2.99. The number of carbonyl (C=O) groups excluding carboxylic acids is 1. The van der Waals surface area contributed by atoms with Gasteiger partial charge in [-0.1, -0.05) is 33.2 Å². The summed E-state index contributed by atoms with van der Waals surface area (Å²) in [6.07, 6.45) is 1.40.